The van der Waals surface area contributed by atoms with Crippen LogP contribution in [-0.2, 0) is 12.8 Å². The van der Waals surface area contributed by atoms with Gasteiger partial charge in [0.15, 0.2) is 0 Å². The Labute approximate surface area is 288 Å². The maximum Gasteiger partial charge on any atom is 0.336 e. The number of carboxylic acid groups (broad SMARTS) is 2. The number of fused-ring (bicyclic) bond motifs is 2. The molecule has 0 aliphatic rings. The number of nitrogens with zero attached hydrogens (tertiary/aromatic N) is 4. The summed E-state index contributed by atoms with van der Waals surface area (Å²) in [5, 5.41) is 39.9. The lowest BCUT2D eigenvalue weighted by Gasteiger charge is -2.12. The van der Waals surface area contributed by atoms with Crippen molar-refractivity contribution in [1.29, 1.82) is 0 Å². The van der Waals surface area contributed by atoms with Crippen LogP contribution in [0.25, 0.3) is 32.7 Å². The molecule has 50 heavy (non-hydrogen) atoms. The van der Waals surface area contributed by atoms with Gasteiger partial charge in [0.05, 0.1) is 33.9 Å². The second kappa shape index (κ2) is 14.4. The zero-order valence-electron chi connectivity index (χ0n) is 27.7. The Morgan fingerprint density at radius 1 is 0.520 bits per heavy atom. The summed E-state index contributed by atoms with van der Waals surface area (Å²) in [5.41, 5.74) is 19.7. The number of azo groups is 2. The van der Waals surface area contributed by atoms with Crippen molar-refractivity contribution in [2.45, 2.75) is 39.5 Å². The highest BCUT2D eigenvalue weighted by Gasteiger charge is 2.16. The Hall–Kier alpha value is -6.42. The fourth-order valence-corrected chi connectivity index (χ4v) is 6.17. The van der Waals surface area contributed by atoms with Crippen LogP contribution in [-0.4, -0.2) is 22.2 Å². The van der Waals surface area contributed by atoms with Crippen molar-refractivity contribution >= 4 is 67.6 Å². The Balaban J connectivity index is 1.33. The third kappa shape index (κ3) is 6.64. The topological polar surface area (TPSA) is 176 Å². The molecule has 0 atom stereocenters. The second-order valence-corrected chi connectivity index (χ2v) is 12.0. The minimum atomic E-state index is -1.06. The summed E-state index contributed by atoms with van der Waals surface area (Å²) < 4.78 is 0. The van der Waals surface area contributed by atoms with Gasteiger partial charge in [-0.2, -0.15) is 10.2 Å². The lowest BCUT2D eigenvalue weighted by atomic mass is 9.96. The molecule has 0 bridgehead atoms. The predicted molar refractivity (Wildman–Crippen MR) is 199 cm³/mol. The molecule has 6 N–H and O–H groups in total. The first kappa shape index (κ1) is 33.5. The normalized spacial score (nSPS) is 11.6. The summed E-state index contributed by atoms with van der Waals surface area (Å²) in [4.78, 5) is 24.0. The maximum atomic E-state index is 12.0. The summed E-state index contributed by atoms with van der Waals surface area (Å²) in [7, 11) is 0. The van der Waals surface area contributed by atoms with Crippen LogP contribution in [0.4, 0.5) is 34.1 Å². The van der Waals surface area contributed by atoms with Crippen LogP contribution >= 0.6 is 0 Å². The lowest BCUT2D eigenvalue weighted by molar-refractivity contribution is 0.0688. The van der Waals surface area contributed by atoms with Gasteiger partial charge in [0.2, 0.25) is 0 Å². The summed E-state index contributed by atoms with van der Waals surface area (Å²) in [6.45, 7) is 4.18. The Morgan fingerprint density at radius 3 is 1.24 bits per heavy atom. The average molecular weight is 665 g/mol. The Kier molecular flexibility index (Phi) is 9.62. The van der Waals surface area contributed by atoms with Crippen LogP contribution in [0.5, 0.6) is 0 Å². The summed E-state index contributed by atoms with van der Waals surface area (Å²) in [6, 6.07) is 29.1. The SMILES string of the molecule is CCCc1cc(-c2ccc(/N=N/c3cc(C(=O)O)c4ccccc4c3N)c(CCC)c2)ccc1/N=N/c1cc(C(=O)O)c2ccccc2c1N. The molecule has 0 aliphatic heterocycles. The molecule has 10 nitrogen and oxygen atoms in total. The number of benzene rings is 6. The van der Waals surface area contributed by atoms with Gasteiger partial charge in [-0.3, -0.25) is 0 Å². The number of hydrogen-bond donors (Lipinski definition) is 4. The largest absolute Gasteiger partial charge is 0.478 e. The first-order valence-corrected chi connectivity index (χ1v) is 16.4. The molecule has 0 aliphatic carbocycles. The van der Waals surface area contributed by atoms with Crippen LogP contribution in [0.2, 0.25) is 0 Å². The quantitative estimate of drug-likeness (QED) is 0.0790. The highest BCUT2D eigenvalue weighted by Crippen LogP contribution is 2.38. The van der Waals surface area contributed by atoms with Gasteiger partial charge in [-0.1, -0.05) is 87.4 Å². The molecule has 0 amide bonds. The van der Waals surface area contributed by atoms with Gasteiger partial charge in [-0.15, -0.1) is 10.2 Å². The highest BCUT2D eigenvalue weighted by molar-refractivity contribution is 6.11. The molecule has 6 aromatic rings. The molecule has 0 heterocycles. The van der Waals surface area contributed by atoms with Crippen LogP contribution in [0.15, 0.2) is 118 Å². The van der Waals surface area contributed by atoms with Crippen LogP contribution in [0, 0.1) is 0 Å². The van der Waals surface area contributed by atoms with E-state index in [1.807, 2.05) is 36.4 Å². The van der Waals surface area contributed by atoms with Gasteiger partial charge in [-0.05, 0) is 82.3 Å². The highest BCUT2D eigenvalue weighted by atomic mass is 16.4. The Bertz CT molecular complexity index is 2180. The number of nitrogen functional groups attached to an aromatic ring is 2. The van der Waals surface area contributed by atoms with Crippen LogP contribution in [0.3, 0.4) is 0 Å². The first-order valence-electron chi connectivity index (χ1n) is 16.4. The molecule has 0 saturated carbocycles. The number of carboxylic acids is 2. The van der Waals surface area contributed by atoms with Gasteiger partial charge in [0.25, 0.3) is 0 Å². The van der Waals surface area contributed by atoms with Gasteiger partial charge in [0.1, 0.15) is 11.4 Å². The van der Waals surface area contributed by atoms with Gasteiger partial charge in [0, 0.05) is 10.8 Å². The standard InChI is InChI=1S/C40H36N6O4/c1-3-9-25-19-23(15-17-33(25)43-45-35-21-31(39(47)48)27-11-5-7-13-29(27)37(35)41)24-16-18-34(26(20-24)10-4-2)44-46-36-22-32(40(49)50)28-12-6-8-14-30(28)38(36)42/h5-8,11-22H,3-4,9-10,41-42H2,1-2H3,(H,47,48)(H,49,50)/b45-43+,46-44+. The number of carbonyl (C=O) groups is 2. The fourth-order valence-electron chi connectivity index (χ4n) is 6.17. The summed E-state index contributed by atoms with van der Waals surface area (Å²) in [5.74, 6) is -2.12. The molecule has 0 saturated heterocycles. The molecular formula is C40H36N6O4. The third-order valence-electron chi connectivity index (χ3n) is 8.65. The molecule has 0 fully saturated rings. The monoisotopic (exact) mass is 664 g/mol. The van der Waals surface area contributed by atoms with Gasteiger partial charge < -0.3 is 21.7 Å². The smallest absolute Gasteiger partial charge is 0.336 e. The maximum absolute atomic E-state index is 12.0. The number of nitrogens with two attached hydrogens (primary N) is 2. The average Bonchev–Trinajstić information content (AvgIpc) is 3.12. The van der Waals surface area contributed by atoms with Crippen molar-refractivity contribution in [3.05, 3.63) is 119 Å². The number of anilines is 2. The number of hydrogen-bond acceptors (Lipinski definition) is 8. The molecule has 10 heteroatoms. The third-order valence-corrected chi connectivity index (χ3v) is 8.65. The molecule has 6 rings (SSSR count). The van der Waals surface area contributed by atoms with E-state index < -0.39 is 11.9 Å². The van der Waals surface area contributed by atoms with E-state index in [2.05, 4.69) is 46.4 Å². The van der Waals surface area contributed by atoms with E-state index in [-0.39, 0.29) is 11.1 Å². The number of rotatable bonds is 11. The van der Waals surface area contributed by atoms with E-state index in [1.54, 1.807) is 36.4 Å². The molecule has 0 aromatic heterocycles. The van der Waals surface area contributed by atoms with Crippen LogP contribution in [0.1, 0.15) is 58.5 Å². The zero-order chi connectivity index (χ0) is 35.4. The molecule has 6 aromatic carbocycles. The molecular weight excluding hydrogens is 628 g/mol. The minimum Gasteiger partial charge on any atom is -0.478 e. The first-order chi connectivity index (χ1) is 24.2. The molecule has 0 unspecified atom stereocenters. The fraction of sp³-hybridized carbons (Fsp3) is 0.150. The second-order valence-electron chi connectivity index (χ2n) is 12.0. The van der Waals surface area contributed by atoms with E-state index in [0.717, 1.165) is 47.9 Å². The lowest BCUT2D eigenvalue weighted by Crippen LogP contribution is -1.99. The van der Waals surface area contributed by atoms with Crippen molar-refractivity contribution in [1.82, 2.24) is 0 Å². The summed E-state index contributed by atoms with van der Waals surface area (Å²) >= 11 is 0. The van der Waals surface area contributed by atoms with E-state index in [4.69, 9.17) is 11.5 Å². The van der Waals surface area contributed by atoms with Crippen molar-refractivity contribution in [3.8, 4) is 11.1 Å². The van der Waals surface area contributed by atoms with Crippen LogP contribution < -0.4 is 11.5 Å². The number of aryl methyl sites for hydroxylation is 2. The molecule has 0 spiro atoms. The van der Waals surface area contributed by atoms with E-state index >= 15 is 0 Å². The molecule has 250 valence electrons. The number of aromatic carboxylic acids is 2. The molecule has 0 radical (unpaired) electrons. The van der Waals surface area contributed by atoms with Crippen molar-refractivity contribution in [2.24, 2.45) is 20.5 Å². The van der Waals surface area contributed by atoms with Crippen molar-refractivity contribution < 1.29 is 19.8 Å². The van der Waals surface area contributed by atoms with Crippen molar-refractivity contribution in [3.63, 3.8) is 0 Å². The van der Waals surface area contributed by atoms with E-state index in [0.29, 0.717) is 55.7 Å². The van der Waals surface area contributed by atoms with E-state index in [1.165, 1.54) is 12.1 Å². The van der Waals surface area contributed by atoms with Gasteiger partial charge >= 0.3 is 11.9 Å². The van der Waals surface area contributed by atoms with Gasteiger partial charge in [-0.25, -0.2) is 9.59 Å². The van der Waals surface area contributed by atoms with E-state index in [9.17, 15) is 19.8 Å². The zero-order valence-corrected chi connectivity index (χ0v) is 27.7. The minimum absolute atomic E-state index is 0.115. The summed E-state index contributed by atoms with van der Waals surface area (Å²) in [6.07, 6.45) is 3.29. The van der Waals surface area contributed by atoms with Crippen molar-refractivity contribution in [2.75, 3.05) is 11.5 Å². The predicted octanol–water partition coefficient (Wildman–Crippen LogP) is 11.0. The Morgan fingerprint density at radius 2 is 0.880 bits per heavy atom.